The molecule has 8 heteroatoms. The van der Waals surface area contributed by atoms with Crippen LogP contribution in [0.5, 0.6) is 11.5 Å². The van der Waals surface area contributed by atoms with Crippen LogP contribution in [0, 0.1) is 0 Å². The van der Waals surface area contributed by atoms with Gasteiger partial charge >= 0.3 is 6.61 Å². The molecule has 2 amide bonds. The molecule has 0 fully saturated rings. The molecular weight excluding hydrogens is 346 g/mol. The number of hydrogen-bond donors (Lipinski definition) is 2. The highest BCUT2D eigenvalue weighted by molar-refractivity contribution is 5.98. The van der Waals surface area contributed by atoms with E-state index in [1.54, 1.807) is 12.1 Å². The van der Waals surface area contributed by atoms with E-state index in [0.717, 1.165) is 5.56 Å². The molecule has 2 aromatic carbocycles. The van der Waals surface area contributed by atoms with Crippen LogP contribution in [-0.2, 0) is 11.3 Å². The molecule has 26 heavy (non-hydrogen) atoms. The van der Waals surface area contributed by atoms with Crippen molar-refractivity contribution < 1.29 is 27.8 Å². The number of alkyl halides is 2. The fourth-order valence-electron chi connectivity index (χ4n) is 2.21. The van der Waals surface area contributed by atoms with Crippen LogP contribution in [0.3, 0.4) is 0 Å². The molecule has 2 rings (SSSR count). The maximum absolute atomic E-state index is 12.4. The minimum atomic E-state index is -3.05. The first kappa shape index (κ1) is 19.2. The van der Waals surface area contributed by atoms with Gasteiger partial charge in [-0.15, -0.1) is 0 Å². The molecule has 138 valence electrons. The van der Waals surface area contributed by atoms with Crippen LogP contribution in [0.1, 0.15) is 15.9 Å². The van der Waals surface area contributed by atoms with Crippen molar-refractivity contribution in [1.29, 1.82) is 0 Å². The highest BCUT2D eigenvalue weighted by Crippen LogP contribution is 2.20. The summed E-state index contributed by atoms with van der Waals surface area (Å²) in [6, 6.07) is 12.7. The van der Waals surface area contributed by atoms with E-state index in [-0.39, 0.29) is 24.4 Å². The smallest absolute Gasteiger partial charge is 0.387 e. The summed E-state index contributed by atoms with van der Waals surface area (Å²) < 4.78 is 34.2. The summed E-state index contributed by atoms with van der Waals surface area (Å²) in [6.07, 6.45) is 0. The number of carbonyl (C=O) groups is 2. The Morgan fingerprint density at radius 2 is 1.65 bits per heavy atom. The maximum atomic E-state index is 12.4. The monoisotopic (exact) mass is 364 g/mol. The van der Waals surface area contributed by atoms with E-state index in [2.05, 4.69) is 15.4 Å². The number of halogens is 2. The predicted molar refractivity (Wildman–Crippen MR) is 90.2 cm³/mol. The standard InChI is InChI=1S/C18H18F2N2O4/c1-25-14-8-4-2-6-12(14)10-21-16(23)11-22-17(24)13-7-3-5-9-15(13)26-18(19)20/h2-9,18H,10-11H2,1H3,(H,21,23)(H,22,24). The second kappa shape index (κ2) is 9.36. The molecule has 6 nitrogen and oxygen atoms in total. The summed E-state index contributed by atoms with van der Waals surface area (Å²) in [7, 11) is 1.53. The summed E-state index contributed by atoms with van der Waals surface area (Å²) in [4.78, 5) is 24.0. The molecular formula is C18H18F2N2O4. The van der Waals surface area contributed by atoms with Crippen molar-refractivity contribution in [2.24, 2.45) is 0 Å². The Balaban J connectivity index is 1.88. The number of methoxy groups -OCH3 is 1. The van der Waals surface area contributed by atoms with E-state index in [0.29, 0.717) is 5.75 Å². The maximum Gasteiger partial charge on any atom is 0.387 e. The molecule has 0 aromatic heterocycles. The first-order chi connectivity index (χ1) is 12.5. The van der Waals surface area contributed by atoms with E-state index in [1.807, 2.05) is 12.1 Å². The van der Waals surface area contributed by atoms with Crippen LogP contribution < -0.4 is 20.1 Å². The molecule has 0 aliphatic carbocycles. The lowest BCUT2D eigenvalue weighted by Gasteiger charge is -2.12. The second-order valence-electron chi connectivity index (χ2n) is 5.15. The summed E-state index contributed by atoms with van der Waals surface area (Å²) in [5.74, 6) is -0.741. The number of amides is 2. The number of nitrogens with one attached hydrogen (secondary N) is 2. The molecule has 0 bridgehead atoms. The van der Waals surface area contributed by atoms with Gasteiger partial charge in [0, 0.05) is 12.1 Å². The van der Waals surface area contributed by atoms with Crippen molar-refractivity contribution in [3.05, 3.63) is 59.7 Å². The molecule has 0 atom stereocenters. The molecule has 0 radical (unpaired) electrons. The zero-order valence-corrected chi connectivity index (χ0v) is 14.0. The molecule has 0 aliphatic heterocycles. The molecule has 0 heterocycles. The van der Waals surface area contributed by atoms with E-state index in [4.69, 9.17) is 4.74 Å². The van der Waals surface area contributed by atoms with Gasteiger partial charge < -0.3 is 20.1 Å². The third-order valence-electron chi connectivity index (χ3n) is 3.43. The SMILES string of the molecule is COc1ccccc1CNC(=O)CNC(=O)c1ccccc1OC(F)F. The minimum Gasteiger partial charge on any atom is -0.496 e. The van der Waals surface area contributed by atoms with Crippen LogP contribution in [-0.4, -0.2) is 32.1 Å². The third-order valence-corrected chi connectivity index (χ3v) is 3.43. The van der Waals surface area contributed by atoms with Gasteiger partial charge in [-0.2, -0.15) is 8.78 Å². The van der Waals surface area contributed by atoms with Gasteiger partial charge in [0.15, 0.2) is 0 Å². The van der Waals surface area contributed by atoms with Crippen molar-refractivity contribution in [2.45, 2.75) is 13.2 Å². The first-order valence-corrected chi connectivity index (χ1v) is 7.72. The molecule has 2 N–H and O–H groups in total. The van der Waals surface area contributed by atoms with Crippen molar-refractivity contribution in [3.63, 3.8) is 0 Å². The van der Waals surface area contributed by atoms with E-state index < -0.39 is 18.4 Å². The van der Waals surface area contributed by atoms with Crippen molar-refractivity contribution in [3.8, 4) is 11.5 Å². The second-order valence-corrected chi connectivity index (χ2v) is 5.15. The average molecular weight is 364 g/mol. The summed E-state index contributed by atoms with van der Waals surface area (Å²) in [6.45, 7) is -3.13. The van der Waals surface area contributed by atoms with Crippen molar-refractivity contribution in [1.82, 2.24) is 10.6 Å². The molecule has 0 spiro atoms. The van der Waals surface area contributed by atoms with Gasteiger partial charge in [0.25, 0.3) is 5.91 Å². The van der Waals surface area contributed by atoms with Gasteiger partial charge in [-0.05, 0) is 18.2 Å². The average Bonchev–Trinajstić information content (AvgIpc) is 2.64. The first-order valence-electron chi connectivity index (χ1n) is 7.72. The summed E-state index contributed by atoms with van der Waals surface area (Å²) in [5.41, 5.74) is 0.704. The lowest BCUT2D eigenvalue weighted by Crippen LogP contribution is -2.36. The largest absolute Gasteiger partial charge is 0.496 e. The van der Waals surface area contributed by atoms with Gasteiger partial charge in [-0.3, -0.25) is 9.59 Å². The Kier molecular flexibility index (Phi) is 6.90. The number of ether oxygens (including phenoxy) is 2. The van der Waals surface area contributed by atoms with Crippen LogP contribution in [0.25, 0.3) is 0 Å². The Morgan fingerprint density at radius 3 is 2.35 bits per heavy atom. The molecule has 0 aliphatic rings. The zero-order valence-electron chi connectivity index (χ0n) is 14.0. The molecule has 2 aromatic rings. The Morgan fingerprint density at radius 1 is 1.00 bits per heavy atom. The van der Waals surface area contributed by atoms with E-state index >= 15 is 0 Å². The number of rotatable bonds is 8. The lowest BCUT2D eigenvalue weighted by molar-refractivity contribution is -0.120. The van der Waals surface area contributed by atoms with Crippen LogP contribution >= 0.6 is 0 Å². The van der Waals surface area contributed by atoms with Gasteiger partial charge in [-0.1, -0.05) is 30.3 Å². The minimum absolute atomic E-state index is 0.0784. The lowest BCUT2D eigenvalue weighted by atomic mass is 10.2. The molecule has 0 saturated heterocycles. The van der Waals surface area contributed by atoms with E-state index in [9.17, 15) is 18.4 Å². The summed E-state index contributed by atoms with van der Waals surface area (Å²) >= 11 is 0. The number of carbonyl (C=O) groups excluding carboxylic acids is 2. The molecule has 0 unspecified atom stereocenters. The normalized spacial score (nSPS) is 10.3. The Bertz CT molecular complexity index is 768. The fraction of sp³-hybridized carbons (Fsp3) is 0.222. The summed E-state index contributed by atoms with van der Waals surface area (Å²) in [5, 5.41) is 5.01. The fourth-order valence-corrected chi connectivity index (χ4v) is 2.21. The van der Waals surface area contributed by atoms with Crippen LogP contribution in [0.2, 0.25) is 0 Å². The van der Waals surface area contributed by atoms with Crippen molar-refractivity contribution in [2.75, 3.05) is 13.7 Å². The quantitative estimate of drug-likeness (QED) is 0.754. The zero-order chi connectivity index (χ0) is 18.9. The Hall–Kier alpha value is -3.16. The van der Waals surface area contributed by atoms with Crippen LogP contribution in [0.15, 0.2) is 48.5 Å². The third kappa shape index (κ3) is 5.44. The highest BCUT2D eigenvalue weighted by Gasteiger charge is 2.16. The van der Waals surface area contributed by atoms with Crippen molar-refractivity contribution >= 4 is 11.8 Å². The van der Waals surface area contributed by atoms with Gasteiger partial charge in [0.1, 0.15) is 11.5 Å². The molecule has 0 saturated carbocycles. The van der Waals surface area contributed by atoms with Crippen LogP contribution in [0.4, 0.5) is 8.78 Å². The highest BCUT2D eigenvalue weighted by atomic mass is 19.3. The number of hydrogen-bond acceptors (Lipinski definition) is 4. The van der Waals surface area contributed by atoms with Gasteiger partial charge in [0.2, 0.25) is 5.91 Å². The van der Waals surface area contributed by atoms with E-state index in [1.165, 1.54) is 31.4 Å². The van der Waals surface area contributed by atoms with Gasteiger partial charge in [-0.25, -0.2) is 0 Å². The Labute approximate surface area is 149 Å². The number of para-hydroxylation sites is 2. The van der Waals surface area contributed by atoms with Gasteiger partial charge in [0.05, 0.1) is 19.2 Å². The predicted octanol–water partition coefficient (Wildman–Crippen LogP) is 2.34. The topological polar surface area (TPSA) is 76.7 Å². The number of benzene rings is 2.